The van der Waals surface area contributed by atoms with Crippen LogP contribution in [-0.4, -0.2) is 23.8 Å². The third kappa shape index (κ3) is 2.99. The van der Waals surface area contributed by atoms with Crippen LogP contribution in [0.5, 0.6) is 5.75 Å². The molecule has 4 nitrogen and oxygen atoms in total. The Kier molecular flexibility index (Phi) is 4.06. The number of hydrogen-bond acceptors (Lipinski definition) is 4. The van der Waals surface area contributed by atoms with Crippen LogP contribution in [-0.2, 0) is 10.9 Å². The molecule has 3 rings (SSSR count). The highest BCUT2D eigenvalue weighted by Crippen LogP contribution is 2.53. The van der Waals surface area contributed by atoms with Crippen LogP contribution in [0.2, 0.25) is 0 Å². The molecule has 25 heavy (non-hydrogen) atoms. The molecule has 2 heterocycles. The molecule has 2 fully saturated rings. The Hall–Kier alpha value is -1.76. The van der Waals surface area contributed by atoms with Crippen LogP contribution >= 0.6 is 0 Å². The second-order valence-electron chi connectivity index (χ2n) is 7.77. The number of fused-ring (bicyclic) bond motifs is 2. The first-order valence-electron chi connectivity index (χ1n) is 8.21. The number of carbonyl (C=O) groups excluding carboxylic acids is 1. The van der Waals surface area contributed by atoms with E-state index in [0.717, 1.165) is 24.6 Å². The van der Waals surface area contributed by atoms with Gasteiger partial charge in [-0.1, -0.05) is 26.8 Å². The third-order valence-corrected chi connectivity index (χ3v) is 5.24. The van der Waals surface area contributed by atoms with Gasteiger partial charge in [0.05, 0.1) is 23.7 Å². The zero-order chi connectivity index (χ0) is 18.6. The van der Waals surface area contributed by atoms with Crippen LogP contribution in [0.3, 0.4) is 0 Å². The quantitative estimate of drug-likeness (QED) is 0.834. The minimum absolute atomic E-state index is 0.0390. The Morgan fingerprint density at radius 2 is 1.96 bits per heavy atom. The highest BCUT2D eigenvalue weighted by molar-refractivity contribution is 5.86. The molecule has 0 radical (unpaired) electrons. The van der Waals surface area contributed by atoms with E-state index in [1.807, 2.05) is 20.8 Å². The van der Waals surface area contributed by atoms with Crippen molar-refractivity contribution in [1.82, 2.24) is 0 Å². The Morgan fingerprint density at radius 3 is 2.40 bits per heavy atom. The maximum Gasteiger partial charge on any atom is 0.419 e. The Balaban J connectivity index is 2.08. The van der Waals surface area contributed by atoms with Crippen LogP contribution in [0.4, 0.5) is 13.2 Å². The van der Waals surface area contributed by atoms with Gasteiger partial charge >= 0.3 is 6.18 Å². The number of carboxylic acid groups (broad SMARTS) is 1. The first kappa shape index (κ1) is 18.0. The van der Waals surface area contributed by atoms with E-state index < -0.39 is 34.5 Å². The van der Waals surface area contributed by atoms with E-state index in [4.69, 9.17) is 9.47 Å². The number of hydrogen-bond donors (Lipinski definition) is 0. The average Bonchev–Trinajstić information content (AvgIpc) is 3.06. The zero-order valence-corrected chi connectivity index (χ0v) is 14.3. The molecule has 2 aliphatic rings. The maximum absolute atomic E-state index is 13.4. The monoisotopic (exact) mass is 357 g/mol. The standard InChI is InChI=1S/C18H21F3O4/c1-16(2,3)17(9-11-5-7-14(17)24-11)25-13-8-10(15(22)23)4-6-12(13)18(19,20)21/h4,6,8,11,14H,5,7,9H2,1-3H3,(H,22,23)/p-1. The summed E-state index contributed by atoms with van der Waals surface area (Å²) in [5.41, 5.74) is -2.78. The predicted octanol–water partition coefficient (Wildman–Crippen LogP) is 3.18. The number of halogens is 3. The molecule has 7 heteroatoms. The molecule has 3 unspecified atom stereocenters. The third-order valence-electron chi connectivity index (χ3n) is 5.24. The van der Waals surface area contributed by atoms with Gasteiger partial charge in [0.15, 0.2) is 0 Å². The van der Waals surface area contributed by atoms with Gasteiger partial charge in [0, 0.05) is 17.4 Å². The van der Waals surface area contributed by atoms with Crippen molar-refractivity contribution in [2.75, 3.05) is 0 Å². The van der Waals surface area contributed by atoms with Crippen molar-refractivity contribution in [3.05, 3.63) is 29.3 Å². The Labute approximate surface area is 143 Å². The molecular formula is C18H20F3O4-. The Morgan fingerprint density at radius 1 is 1.28 bits per heavy atom. The Bertz CT molecular complexity index is 693. The molecular weight excluding hydrogens is 337 g/mol. The lowest BCUT2D eigenvalue weighted by Gasteiger charge is -2.46. The van der Waals surface area contributed by atoms with Crippen molar-refractivity contribution < 1.29 is 32.5 Å². The summed E-state index contributed by atoms with van der Waals surface area (Å²) in [5.74, 6) is -2.03. The van der Waals surface area contributed by atoms with E-state index in [0.29, 0.717) is 12.8 Å². The molecule has 0 aromatic heterocycles. The van der Waals surface area contributed by atoms with Crippen molar-refractivity contribution in [3.8, 4) is 5.75 Å². The van der Waals surface area contributed by atoms with E-state index >= 15 is 0 Å². The van der Waals surface area contributed by atoms with Crippen molar-refractivity contribution in [1.29, 1.82) is 0 Å². The molecule has 2 aliphatic heterocycles. The number of ether oxygens (including phenoxy) is 2. The first-order valence-corrected chi connectivity index (χ1v) is 8.21. The summed E-state index contributed by atoms with van der Waals surface area (Å²) in [4.78, 5) is 11.1. The smallest absolute Gasteiger partial charge is 0.419 e. The lowest BCUT2D eigenvalue weighted by atomic mass is 9.68. The first-order chi connectivity index (χ1) is 11.4. The van der Waals surface area contributed by atoms with Crippen molar-refractivity contribution in [3.63, 3.8) is 0 Å². The van der Waals surface area contributed by atoms with Gasteiger partial charge in [-0.2, -0.15) is 13.2 Å². The van der Waals surface area contributed by atoms with Crippen LogP contribution in [0.1, 0.15) is 56.0 Å². The van der Waals surface area contributed by atoms with Gasteiger partial charge in [-0.05, 0) is 25.0 Å². The number of carboxylic acids is 1. The summed E-state index contributed by atoms with van der Waals surface area (Å²) >= 11 is 0. The minimum Gasteiger partial charge on any atom is -0.545 e. The molecule has 138 valence electrons. The summed E-state index contributed by atoms with van der Waals surface area (Å²) in [6, 6.07) is 2.51. The number of carbonyl (C=O) groups is 1. The molecule has 1 aromatic rings. The molecule has 0 spiro atoms. The van der Waals surface area contributed by atoms with Crippen LogP contribution in [0.25, 0.3) is 0 Å². The number of benzene rings is 1. The van der Waals surface area contributed by atoms with E-state index in [9.17, 15) is 23.1 Å². The van der Waals surface area contributed by atoms with E-state index in [2.05, 4.69) is 0 Å². The molecule has 0 aliphatic carbocycles. The van der Waals surface area contributed by atoms with Gasteiger partial charge in [-0.3, -0.25) is 0 Å². The van der Waals surface area contributed by atoms with Crippen molar-refractivity contribution >= 4 is 5.97 Å². The summed E-state index contributed by atoms with van der Waals surface area (Å²) in [6.45, 7) is 5.69. The fourth-order valence-electron chi connectivity index (χ4n) is 3.88. The molecule has 1 aromatic carbocycles. The lowest BCUT2D eigenvalue weighted by molar-refractivity contribution is -0.255. The number of aromatic carboxylic acids is 1. The molecule has 3 atom stereocenters. The fraction of sp³-hybridized carbons (Fsp3) is 0.611. The van der Waals surface area contributed by atoms with Gasteiger partial charge in [0.25, 0.3) is 0 Å². The maximum atomic E-state index is 13.4. The van der Waals surface area contributed by atoms with Gasteiger partial charge in [-0.15, -0.1) is 0 Å². The molecule has 0 amide bonds. The normalized spacial score (nSPS) is 29.0. The molecule has 2 bridgehead atoms. The zero-order valence-electron chi connectivity index (χ0n) is 14.3. The van der Waals surface area contributed by atoms with Crippen LogP contribution in [0.15, 0.2) is 18.2 Å². The topological polar surface area (TPSA) is 58.6 Å². The summed E-state index contributed by atoms with van der Waals surface area (Å²) in [6.07, 6.45) is -2.96. The van der Waals surface area contributed by atoms with Gasteiger partial charge < -0.3 is 19.4 Å². The molecule has 2 saturated heterocycles. The minimum atomic E-state index is -4.66. The van der Waals surface area contributed by atoms with E-state index in [1.54, 1.807) is 0 Å². The molecule has 0 N–H and O–H groups in total. The van der Waals surface area contributed by atoms with Crippen LogP contribution < -0.4 is 9.84 Å². The summed E-state index contributed by atoms with van der Waals surface area (Å²) < 4.78 is 52.0. The van der Waals surface area contributed by atoms with Gasteiger partial charge in [0.2, 0.25) is 0 Å². The fourth-order valence-corrected chi connectivity index (χ4v) is 3.88. The highest BCUT2D eigenvalue weighted by Gasteiger charge is 2.60. The average molecular weight is 357 g/mol. The lowest BCUT2D eigenvalue weighted by Crippen LogP contribution is -2.55. The van der Waals surface area contributed by atoms with Gasteiger partial charge in [0.1, 0.15) is 11.4 Å². The second kappa shape index (κ2) is 5.62. The summed E-state index contributed by atoms with van der Waals surface area (Å²) in [5, 5.41) is 11.1. The van der Waals surface area contributed by atoms with Crippen molar-refractivity contribution in [2.45, 2.75) is 64.0 Å². The predicted molar refractivity (Wildman–Crippen MR) is 81.1 cm³/mol. The van der Waals surface area contributed by atoms with Crippen LogP contribution in [0, 0.1) is 5.41 Å². The molecule has 0 saturated carbocycles. The van der Waals surface area contributed by atoms with E-state index in [-0.39, 0.29) is 17.8 Å². The highest BCUT2D eigenvalue weighted by atomic mass is 19.4. The largest absolute Gasteiger partial charge is 0.545 e. The van der Waals surface area contributed by atoms with E-state index in [1.165, 1.54) is 0 Å². The number of alkyl halides is 3. The number of rotatable bonds is 3. The van der Waals surface area contributed by atoms with Crippen molar-refractivity contribution in [2.24, 2.45) is 5.41 Å². The SMILES string of the molecule is CC(C)(C)C1(Oc2cc(C(=O)[O-])ccc2C(F)(F)F)CC2CCC1O2. The van der Waals surface area contributed by atoms with Gasteiger partial charge in [-0.25, -0.2) is 0 Å². The summed E-state index contributed by atoms with van der Waals surface area (Å²) in [7, 11) is 0. The second-order valence-corrected chi connectivity index (χ2v) is 7.77.